The zero-order valence-corrected chi connectivity index (χ0v) is 11.0. The van der Waals surface area contributed by atoms with Crippen LogP contribution in [0.5, 0.6) is 0 Å². The summed E-state index contributed by atoms with van der Waals surface area (Å²) in [5.41, 5.74) is 1.41. The lowest BCUT2D eigenvalue weighted by Gasteiger charge is -2.05. The van der Waals surface area contributed by atoms with Gasteiger partial charge in [-0.15, -0.1) is 0 Å². The summed E-state index contributed by atoms with van der Waals surface area (Å²) in [5, 5.41) is 21.8. The number of nitrogens with zero attached hydrogens (tertiary/aromatic N) is 6. The number of hydrogen-bond donors (Lipinski definition) is 1. The molecule has 0 atom stereocenters. The quantitative estimate of drug-likeness (QED) is 0.577. The van der Waals surface area contributed by atoms with Crippen LogP contribution >= 0.6 is 0 Å². The predicted octanol–water partition coefficient (Wildman–Crippen LogP) is 1.65. The molecule has 21 heavy (non-hydrogen) atoms. The molecule has 0 fully saturated rings. The Bertz CT molecular complexity index is 792. The first-order valence-electron chi connectivity index (χ1n) is 6.03. The molecule has 0 saturated heterocycles. The van der Waals surface area contributed by atoms with E-state index in [1.807, 2.05) is 13.2 Å². The molecule has 0 aliphatic carbocycles. The summed E-state index contributed by atoms with van der Waals surface area (Å²) in [6, 6.07) is 3.45. The number of pyridine rings is 1. The highest BCUT2D eigenvalue weighted by molar-refractivity contribution is 5.56. The van der Waals surface area contributed by atoms with E-state index in [2.05, 4.69) is 20.5 Å². The van der Waals surface area contributed by atoms with E-state index in [-0.39, 0.29) is 5.69 Å². The highest BCUT2D eigenvalue weighted by Gasteiger charge is 2.10. The fourth-order valence-electron chi connectivity index (χ4n) is 1.81. The molecular formula is C12H11N7O2. The summed E-state index contributed by atoms with van der Waals surface area (Å²) in [4.78, 5) is 14.4. The van der Waals surface area contributed by atoms with E-state index in [0.717, 1.165) is 5.69 Å². The highest BCUT2D eigenvalue weighted by Crippen LogP contribution is 2.18. The number of aryl methyl sites for hydroxylation is 1. The van der Waals surface area contributed by atoms with Crippen LogP contribution in [-0.2, 0) is 7.05 Å². The molecule has 106 valence electrons. The van der Waals surface area contributed by atoms with Crippen LogP contribution in [0.25, 0.3) is 5.69 Å². The summed E-state index contributed by atoms with van der Waals surface area (Å²) < 4.78 is 3.09. The molecule has 3 rings (SSSR count). The maximum absolute atomic E-state index is 10.7. The first-order valence-corrected chi connectivity index (χ1v) is 6.03. The molecule has 9 nitrogen and oxygen atoms in total. The maximum Gasteiger partial charge on any atom is 0.307 e. The Morgan fingerprint density at radius 3 is 2.81 bits per heavy atom. The summed E-state index contributed by atoms with van der Waals surface area (Å²) in [6.45, 7) is 0. The molecule has 0 aliphatic rings. The lowest BCUT2D eigenvalue weighted by atomic mass is 10.4. The van der Waals surface area contributed by atoms with Crippen molar-refractivity contribution in [2.24, 2.45) is 7.05 Å². The van der Waals surface area contributed by atoms with Crippen molar-refractivity contribution in [1.29, 1.82) is 0 Å². The zero-order valence-electron chi connectivity index (χ0n) is 11.0. The zero-order chi connectivity index (χ0) is 14.8. The van der Waals surface area contributed by atoms with Gasteiger partial charge in [0.1, 0.15) is 18.2 Å². The molecule has 0 amide bonds. The third-order valence-corrected chi connectivity index (χ3v) is 2.77. The molecular weight excluding hydrogens is 274 g/mol. The number of aromatic nitrogens is 5. The van der Waals surface area contributed by atoms with Gasteiger partial charge in [0, 0.05) is 25.5 Å². The number of nitrogens with one attached hydrogen (secondary N) is 1. The second-order valence-electron chi connectivity index (χ2n) is 4.33. The van der Waals surface area contributed by atoms with Crippen LogP contribution in [0.2, 0.25) is 0 Å². The van der Waals surface area contributed by atoms with Crippen LogP contribution in [0, 0.1) is 10.1 Å². The predicted molar refractivity (Wildman–Crippen MR) is 74.5 cm³/mol. The minimum absolute atomic E-state index is 0.0615. The molecule has 0 radical (unpaired) electrons. The molecule has 0 saturated carbocycles. The summed E-state index contributed by atoms with van der Waals surface area (Å²) in [6.07, 6.45) is 7.64. The molecule has 1 N–H and O–H groups in total. The SMILES string of the molecule is Cn1cc(Nc2cc(-n3cc([N+](=O)[O-])cn3)ccn2)cn1. The van der Waals surface area contributed by atoms with Gasteiger partial charge in [0.25, 0.3) is 0 Å². The van der Waals surface area contributed by atoms with Crippen LogP contribution in [-0.4, -0.2) is 29.5 Å². The smallest absolute Gasteiger partial charge is 0.307 e. The van der Waals surface area contributed by atoms with Crippen molar-refractivity contribution < 1.29 is 4.92 Å². The second-order valence-corrected chi connectivity index (χ2v) is 4.33. The number of nitro groups is 1. The molecule has 0 spiro atoms. The van der Waals surface area contributed by atoms with Crippen LogP contribution in [0.15, 0.2) is 43.1 Å². The van der Waals surface area contributed by atoms with Gasteiger partial charge >= 0.3 is 5.69 Å². The van der Waals surface area contributed by atoms with Crippen molar-refractivity contribution in [2.45, 2.75) is 0 Å². The molecule has 0 aromatic carbocycles. The van der Waals surface area contributed by atoms with Gasteiger partial charge < -0.3 is 5.32 Å². The van der Waals surface area contributed by atoms with Gasteiger partial charge in [-0.3, -0.25) is 14.8 Å². The van der Waals surface area contributed by atoms with Crippen molar-refractivity contribution in [3.05, 3.63) is 53.2 Å². The van der Waals surface area contributed by atoms with E-state index >= 15 is 0 Å². The minimum atomic E-state index is -0.487. The Hall–Kier alpha value is -3.23. The monoisotopic (exact) mass is 285 g/mol. The average Bonchev–Trinajstić information content (AvgIpc) is 3.08. The van der Waals surface area contributed by atoms with Crippen LogP contribution < -0.4 is 5.32 Å². The Morgan fingerprint density at radius 2 is 2.14 bits per heavy atom. The lowest BCUT2D eigenvalue weighted by molar-refractivity contribution is -0.384. The van der Waals surface area contributed by atoms with Crippen molar-refractivity contribution >= 4 is 17.2 Å². The number of anilines is 2. The summed E-state index contributed by atoms with van der Waals surface area (Å²) in [7, 11) is 1.82. The lowest BCUT2D eigenvalue weighted by Crippen LogP contribution is -1.98. The van der Waals surface area contributed by atoms with Crippen molar-refractivity contribution in [1.82, 2.24) is 24.5 Å². The molecule has 3 aromatic rings. The normalized spacial score (nSPS) is 10.5. The van der Waals surface area contributed by atoms with E-state index in [0.29, 0.717) is 11.5 Å². The van der Waals surface area contributed by atoms with Crippen LogP contribution in [0.4, 0.5) is 17.2 Å². The van der Waals surface area contributed by atoms with E-state index in [4.69, 9.17) is 0 Å². The Balaban J connectivity index is 1.86. The third-order valence-electron chi connectivity index (χ3n) is 2.77. The van der Waals surface area contributed by atoms with Crippen LogP contribution in [0.3, 0.4) is 0 Å². The summed E-state index contributed by atoms with van der Waals surface area (Å²) >= 11 is 0. The van der Waals surface area contributed by atoms with E-state index < -0.39 is 4.92 Å². The van der Waals surface area contributed by atoms with Gasteiger partial charge in [-0.05, 0) is 6.07 Å². The largest absolute Gasteiger partial charge is 0.338 e. The Morgan fingerprint density at radius 1 is 1.29 bits per heavy atom. The molecule has 0 bridgehead atoms. The van der Waals surface area contributed by atoms with Gasteiger partial charge in [-0.2, -0.15) is 10.2 Å². The van der Waals surface area contributed by atoms with Gasteiger partial charge in [0.2, 0.25) is 0 Å². The fourth-order valence-corrected chi connectivity index (χ4v) is 1.81. The molecule has 9 heteroatoms. The molecule has 0 aliphatic heterocycles. The van der Waals surface area contributed by atoms with Crippen molar-refractivity contribution in [2.75, 3.05) is 5.32 Å². The van der Waals surface area contributed by atoms with Crippen molar-refractivity contribution in [3.63, 3.8) is 0 Å². The third kappa shape index (κ3) is 2.71. The van der Waals surface area contributed by atoms with Crippen LogP contribution in [0.1, 0.15) is 0 Å². The van der Waals surface area contributed by atoms with E-state index in [1.54, 1.807) is 29.2 Å². The molecule has 0 unspecified atom stereocenters. The number of rotatable bonds is 4. The first-order chi connectivity index (χ1) is 10.1. The van der Waals surface area contributed by atoms with Crippen molar-refractivity contribution in [3.8, 4) is 5.69 Å². The van der Waals surface area contributed by atoms with E-state index in [9.17, 15) is 10.1 Å². The number of hydrogen-bond acceptors (Lipinski definition) is 6. The minimum Gasteiger partial charge on any atom is -0.338 e. The highest BCUT2D eigenvalue weighted by atomic mass is 16.6. The van der Waals surface area contributed by atoms with Gasteiger partial charge in [-0.1, -0.05) is 0 Å². The fraction of sp³-hybridized carbons (Fsp3) is 0.0833. The van der Waals surface area contributed by atoms with Gasteiger partial charge in [-0.25, -0.2) is 9.67 Å². The topological polar surface area (TPSA) is 104 Å². The average molecular weight is 285 g/mol. The van der Waals surface area contributed by atoms with Gasteiger partial charge in [0.05, 0.1) is 22.5 Å². The first kappa shape index (κ1) is 12.8. The maximum atomic E-state index is 10.7. The second kappa shape index (κ2) is 5.04. The molecule has 3 aromatic heterocycles. The standard InChI is InChI=1S/C12H11N7O2/c1-17-7-9(5-14-17)16-12-4-10(2-3-13-12)18-8-11(6-15-18)19(20)21/h2-8H,1H3,(H,13,16). The summed E-state index contributed by atoms with van der Waals surface area (Å²) in [5.74, 6) is 0.596. The molecule has 3 heterocycles. The Labute approximate surface area is 119 Å². The van der Waals surface area contributed by atoms with E-state index in [1.165, 1.54) is 17.1 Å². The van der Waals surface area contributed by atoms with Gasteiger partial charge in [0.15, 0.2) is 0 Å². The Kier molecular flexibility index (Phi) is 3.07.